The van der Waals surface area contributed by atoms with Crippen LogP contribution < -0.4 is 21.5 Å². The first-order valence-corrected chi connectivity index (χ1v) is 9.51. The molecule has 3 rings (SSSR count). The van der Waals surface area contributed by atoms with Gasteiger partial charge in [0.1, 0.15) is 17.2 Å². The van der Waals surface area contributed by atoms with Gasteiger partial charge in [0.05, 0.1) is 28.8 Å². The first kappa shape index (κ1) is 22.1. The Bertz CT molecular complexity index is 1130. The molecule has 0 aromatic heterocycles. The topological polar surface area (TPSA) is 153 Å². The molecule has 0 atom stereocenters. The summed E-state index contributed by atoms with van der Waals surface area (Å²) in [5.74, 6) is 0.141. The van der Waals surface area contributed by atoms with Crippen LogP contribution in [0, 0.1) is 34.9 Å². The molecule has 2 aromatic carbocycles. The highest BCUT2D eigenvalue weighted by Gasteiger charge is 2.41. The first-order chi connectivity index (χ1) is 14.8. The lowest BCUT2D eigenvalue weighted by Crippen LogP contribution is -2.45. The summed E-state index contributed by atoms with van der Waals surface area (Å²) in [5.41, 5.74) is 5.17. The van der Waals surface area contributed by atoms with Gasteiger partial charge in [0, 0.05) is 17.5 Å². The summed E-state index contributed by atoms with van der Waals surface area (Å²) in [5, 5.41) is 32.6. The van der Waals surface area contributed by atoms with E-state index in [4.69, 9.17) is 23.4 Å². The van der Waals surface area contributed by atoms with Crippen LogP contribution >= 0.6 is 11.6 Å². The van der Waals surface area contributed by atoms with E-state index in [1.807, 2.05) is 6.07 Å². The van der Waals surface area contributed by atoms with E-state index in [0.29, 0.717) is 12.8 Å². The molecule has 0 aliphatic carbocycles. The molecule has 1 saturated heterocycles. The number of nitrogens with one attached hydrogen (secondary N) is 5. The third-order valence-electron chi connectivity index (χ3n) is 4.73. The normalized spacial score (nSPS) is 13.5. The minimum atomic E-state index is -0.864. The Kier molecular flexibility index (Phi) is 6.42. The van der Waals surface area contributed by atoms with Crippen molar-refractivity contribution in [3.05, 3.63) is 52.3 Å². The molecule has 0 unspecified atom stereocenters. The minimum Gasteiger partial charge on any atom is -0.507 e. The number of amides is 1. The van der Waals surface area contributed by atoms with E-state index in [2.05, 4.69) is 27.4 Å². The Labute approximate surface area is 182 Å². The van der Waals surface area contributed by atoms with E-state index < -0.39 is 23.1 Å². The molecule has 1 fully saturated rings. The fourth-order valence-corrected chi connectivity index (χ4v) is 3.25. The zero-order valence-corrected chi connectivity index (χ0v) is 16.9. The Morgan fingerprint density at radius 3 is 2.74 bits per heavy atom. The SMILES string of the molecule is C#CCCC1(CNC(=N)NC(=O)c2c(O)ccc(C#N)c2-c2cccc(F)c2Cl)NN1. The summed E-state index contributed by atoms with van der Waals surface area (Å²) in [7, 11) is 0. The molecule has 0 saturated carbocycles. The molecule has 6 N–H and O–H groups in total. The van der Waals surface area contributed by atoms with Crippen molar-refractivity contribution in [2.45, 2.75) is 18.5 Å². The van der Waals surface area contributed by atoms with Gasteiger partial charge in [-0.15, -0.1) is 12.3 Å². The molecule has 1 aliphatic rings. The number of carbonyl (C=O) groups excluding carboxylic acids is 1. The van der Waals surface area contributed by atoms with Crippen LogP contribution in [-0.4, -0.2) is 29.2 Å². The number of phenols is 1. The zero-order valence-electron chi connectivity index (χ0n) is 16.1. The van der Waals surface area contributed by atoms with E-state index in [9.17, 15) is 19.6 Å². The maximum absolute atomic E-state index is 14.0. The lowest BCUT2D eigenvalue weighted by Gasteiger charge is -2.17. The van der Waals surface area contributed by atoms with Crippen LogP contribution in [0.5, 0.6) is 5.75 Å². The van der Waals surface area contributed by atoms with Gasteiger partial charge in [0.15, 0.2) is 5.96 Å². The third-order valence-corrected chi connectivity index (χ3v) is 5.12. The summed E-state index contributed by atoms with van der Waals surface area (Å²) >= 11 is 6.06. The molecular weight excluding hydrogens is 423 g/mol. The predicted octanol–water partition coefficient (Wildman–Crippen LogP) is 2.20. The molecule has 0 spiro atoms. The zero-order chi connectivity index (χ0) is 22.6. The van der Waals surface area contributed by atoms with Gasteiger partial charge in [0.25, 0.3) is 5.91 Å². The fourth-order valence-electron chi connectivity index (χ4n) is 3.03. The van der Waals surface area contributed by atoms with Gasteiger partial charge in [-0.3, -0.25) is 15.5 Å². The highest BCUT2D eigenvalue weighted by molar-refractivity contribution is 6.34. The molecule has 31 heavy (non-hydrogen) atoms. The summed E-state index contributed by atoms with van der Waals surface area (Å²) in [4.78, 5) is 12.9. The number of halogens is 2. The van der Waals surface area contributed by atoms with Crippen LogP contribution in [0.15, 0.2) is 30.3 Å². The van der Waals surface area contributed by atoms with Crippen molar-refractivity contribution in [3.63, 3.8) is 0 Å². The summed E-state index contributed by atoms with van der Waals surface area (Å²) < 4.78 is 14.0. The number of hydrogen-bond donors (Lipinski definition) is 6. The molecule has 1 aliphatic heterocycles. The number of guanidine groups is 1. The van der Waals surface area contributed by atoms with Crippen LogP contribution in [-0.2, 0) is 0 Å². The second-order valence-electron chi connectivity index (χ2n) is 6.81. The van der Waals surface area contributed by atoms with Crippen LogP contribution in [0.25, 0.3) is 11.1 Å². The number of rotatable bonds is 6. The fraction of sp³-hybridized carbons (Fsp3) is 0.190. The summed E-state index contributed by atoms with van der Waals surface area (Å²) in [6.07, 6.45) is 6.40. The van der Waals surface area contributed by atoms with Crippen LogP contribution in [0.4, 0.5) is 4.39 Å². The van der Waals surface area contributed by atoms with Crippen molar-refractivity contribution >= 4 is 23.5 Å². The molecule has 0 bridgehead atoms. The minimum absolute atomic E-state index is 0.00885. The molecule has 8 nitrogen and oxygen atoms in total. The molecular formula is C21H18ClFN6O2. The van der Waals surface area contributed by atoms with E-state index in [1.165, 1.54) is 24.3 Å². The van der Waals surface area contributed by atoms with Crippen molar-refractivity contribution in [2.75, 3.05) is 6.54 Å². The van der Waals surface area contributed by atoms with Crippen LogP contribution in [0.2, 0.25) is 5.02 Å². The maximum atomic E-state index is 14.0. The standard InChI is InChI=1S/C21H18ClFN6O2/c1-2-3-9-21(28-29-21)11-26-20(25)27-19(31)17-15(30)8-7-12(10-24)16(17)13-5-4-6-14(23)18(13)22/h1,4-8,28-30H,3,9,11H2,(H3,25,26,27,31). The van der Waals surface area contributed by atoms with Gasteiger partial charge in [-0.25, -0.2) is 15.2 Å². The monoisotopic (exact) mass is 440 g/mol. The molecule has 1 amide bonds. The predicted molar refractivity (Wildman–Crippen MR) is 113 cm³/mol. The number of hydrogen-bond acceptors (Lipinski definition) is 6. The Balaban J connectivity index is 1.86. The molecule has 0 radical (unpaired) electrons. The molecule has 1 heterocycles. The number of carbonyl (C=O) groups is 1. The summed E-state index contributed by atoms with van der Waals surface area (Å²) in [6, 6.07) is 8.33. The van der Waals surface area contributed by atoms with Gasteiger partial charge < -0.3 is 10.4 Å². The smallest absolute Gasteiger partial charge is 0.262 e. The molecule has 10 heteroatoms. The van der Waals surface area contributed by atoms with Crippen molar-refractivity contribution in [1.29, 1.82) is 10.7 Å². The van der Waals surface area contributed by atoms with E-state index in [-0.39, 0.29) is 39.8 Å². The Hall–Kier alpha value is -3.63. The van der Waals surface area contributed by atoms with Crippen LogP contribution in [0.3, 0.4) is 0 Å². The van der Waals surface area contributed by atoms with Crippen molar-refractivity contribution < 1.29 is 14.3 Å². The van der Waals surface area contributed by atoms with Gasteiger partial charge in [-0.05, 0) is 24.6 Å². The quantitative estimate of drug-likeness (QED) is 0.175. The van der Waals surface area contributed by atoms with Crippen molar-refractivity contribution in [2.24, 2.45) is 0 Å². The van der Waals surface area contributed by atoms with Gasteiger partial charge in [0.2, 0.25) is 0 Å². The number of phenolic OH excluding ortho intramolecular Hbond substituents is 1. The number of nitrogens with zero attached hydrogens (tertiary/aromatic N) is 1. The number of nitriles is 1. The van der Waals surface area contributed by atoms with E-state index in [1.54, 1.807) is 0 Å². The van der Waals surface area contributed by atoms with Crippen LogP contribution in [0.1, 0.15) is 28.8 Å². The maximum Gasteiger partial charge on any atom is 0.262 e. The second-order valence-corrected chi connectivity index (χ2v) is 7.19. The summed E-state index contributed by atoms with van der Waals surface area (Å²) in [6.45, 7) is 0.264. The lowest BCUT2D eigenvalue weighted by atomic mass is 9.93. The average molecular weight is 441 g/mol. The van der Waals surface area contributed by atoms with Gasteiger partial charge in [-0.1, -0.05) is 23.7 Å². The van der Waals surface area contributed by atoms with Crippen molar-refractivity contribution in [3.8, 4) is 35.3 Å². The Morgan fingerprint density at radius 1 is 1.35 bits per heavy atom. The average Bonchev–Trinajstić information content (AvgIpc) is 3.52. The number of benzene rings is 2. The largest absolute Gasteiger partial charge is 0.507 e. The highest BCUT2D eigenvalue weighted by atomic mass is 35.5. The number of hydrazine groups is 1. The lowest BCUT2D eigenvalue weighted by molar-refractivity contribution is 0.0973. The number of terminal acetylenes is 1. The molecule has 158 valence electrons. The highest BCUT2D eigenvalue weighted by Crippen LogP contribution is 2.38. The van der Waals surface area contributed by atoms with E-state index in [0.717, 1.165) is 6.07 Å². The van der Waals surface area contributed by atoms with E-state index >= 15 is 0 Å². The Morgan fingerprint density at radius 2 is 2.10 bits per heavy atom. The third kappa shape index (κ3) is 4.76. The first-order valence-electron chi connectivity index (χ1n) is 9.14. The number of aromatic hydroxyl groups is 1. The van der Waals surface area contributed by atoms with Gasteiger partial charge in [-0.2, -0.15) is 5.26 Å². The molecule has 2 aromatic rings. The second kappa shape index (κ2) is 9.02. The van der Waals surface area contributed by atoms with Gasteiger partial charge >= 0.3 is 0 Å². The van der Waals surface area contributed by atoms with Crippen molar-refractivity contribution in [1.82, 2.24) is 21.5 Å².